The third-order valence-corrected chi connectivity index (χ3v) is 5.81. The van der Waals surface area contributed by atoms with Gasteiger partial charge in [0.15, 0.2) is 0 Å². The summed E-state index contributed by atoms with van der Waals surface area (Å²) in [5.74, 6) is 0.0425. The Morgan fingerprint density at radius 2 is 1.81 bits per heavy atom. The number of aryl methyl sites for hydroxylation is 1. The second kappa shape index (κ2) is 7.82. The molecule has 5 nitrogen and oxygen atoms in total. The van der Waals surface area contributed by atoms with Gasteiger partial charge in [0.25, 0.3) is 5.91 Å². The second-order valence-electron chi connectivity index (χ2n) is 8.07. The van der Waals surface area contributed by atoms with Crippen molar-refractivity contribution >= 4 is 29.1 Å². The van der Waals surface area contributed by atoms with Gasteiger partial charge < -0.3 is 4.90 Å². The number of hydrogen-bond donors (Lipinski definition) is 0. The number of rotatable bonds is 3. The Hall–Kier alpha value is -1.56. The van der Waals surface area contributed by atoms with Crippen LogP contribution < -0.4 is 0 Å². The highest BCUT2D eigenvalue weighted by Gasteiger charge is 2.27. The molecule has 0 aliphatic carbocycles. The average molecular weight is 409 g/mol. The Morgan fingerprint density at radius 1 is 1.15 bits per heavy atom. The molecule has 146 valence electrons. The summed E-state index contributed by atoms with van der Waals surface area (Å²) in [4.78, 5) is 17.1. The minimum atomic E-state index is -0.0782. The molecule has 1 fully saturated rings. The van der Waals surface area contributed by atoms with Gasteiger partial charge in [-0.2, -0.15) is 5.10 Å². The van der Waals surface area contributed by atoms with Crippen LogP contribution in [0.2, 0.25) is 10.0 Å². The molecule has 0 spiro atoms. The van der Waals surface area contributed by atoms with Crippen molar-refractivity contribution in [2.45, 2.75) is 32.7 Å². The van der Waals surface area contributed by atoms with Crippen LogP contribution in [0.25, 0.3) is 0 Å². The molecule has 27 heavy (non-hydrogen) atoms. The van der Waals surface area contributed by atoms with E-state index < -0.39 is 0 Å². The highest BCUT2D eigenvalue weighted by molar-refractivity contribution is 6.42. The van der Waals surface area contributed by atoms with E-state index in [1.54, 1.807) is 10.7 Å². The topological polar surface area (TPSA) is 41.4 Å². The lowest BCUT2D eigenvalue weighted by Crippen LogP contribution is -2.48. The van der Waals surface area contributed by atoms with Gasteiger partial charge in [0.2, 0.25) is 0 Å². The number of nitrogens with zero attached hydrogens (tertiary/aromatic N) is 4. The Kier molecular flexibility index (Phi) is 5.84. The van der Waals surface area contributed by atoms with Crippen molar-refractivity contribution in [3.63, 3.8) is 0 Å². The molecule has 1 amide bonds. The zero-order valence-corrected chi connectivity index (χ0v) is 17.8. The number of aromatic nitrogens is 2. The number of piperazine rings is 1. The molecule has 2 heterocycles. The summed E-state index contributed by atoms with van der Waals surface area (Å²) in [7, 11) is 1.83. The maximum atomic E-state index is 12.9. The fourth-order valence-corrected chi connectivity index (χ4v) is 3.60. The van der Waals surface area contributed by atoms with E-state index in [4.69, 9.17) is 23.2 Å². The summed E-state index contributed by atoms with van der Waals surface area (Å²) in [6, 6.07) is 7.62. The molecule has 7 heteroatoms. The van der Waals surface area contributed by atoms with Gasteiger partial charge in [-0.1, -0.05) is 56.1 Å². The monoisotopic (exact) mass is 408 g/mol. The van der Waals surface area contributed by atoms with Crippen LogP contribution in [0.15, 0.2) is 24.3 Å². The van der Waals surface area contributed by atoms with E-state index in [-0.39, 0.29) is 11.3 Å². The molecule has 0 N–H and O–H groups in total. The third kappa shape index (κ3) is 4.48. The van der Waals surface area contributed by atoms with Gasteiger partial charge in [0, 0.05) is 45.2 Å². The average Bonchev–Trinajstić information content (AvgIpc) is 3.01. The maximum absolute atomic E-state index is 12.9. The highest BCUT2D eigenvalue weighted by atomic mass is 35.5. The summed E-state index contributed by atoms with van der Waals surface area (Å²) >= 11 is 12.4. The molecule has 2 aromatic rings. The predicted molar refractivity (Wildman–Crippen MR) is 110 cm³/mol. The molecular formula is C20H26Cl2N4O. The molecule has 1 aliphatic heterocycles. The highest BCUT2D eigenvalue weighted by Crippen LogP contribution is 2.27. The SMILES string of the molecule is Cn1nc(C(C)(C)C)cc1C(=O)N1CCN(Cc2cccc(Cl)c2Cl)CC1. The van der Waals surface area contributed by atoms with E-state index in [1.807, 2.05) is 30.1 Å². The van der Waals surface area contributed by atoms with E-state index in [9.17, 15) is 4.79 Å². The molecule has 1 aliphatic rings. The number of carbonyl (C=O) groups is 1. The molecule has 0 atom stereocenters. The van der Waals surface area contributed by atoms with Crippen LogP contribution in [0.4, 0.5) is 0 Å². The van der Waals surface area contributed by atoms with Crippen molar-refractivity contribution < 1.29 is 4.79 Å². The van der Waals surface area contributed by atoms with Crippen LogP contribution in [0.5, 0.6) is 0 Å². The van der Waals surface area contributed by atoms with E-state index in [0.717, 1.165) is 30.9 Å². The summed E-state index contributed by atoms with van der Waals surface area (Å²) in [6.45, 7) is 10.0. The van der Waals surface area contributed by atoms with Gasteiger partial charge in [0.1, 0.15) is 5.69 Å². The minimum Gasteiger partial charge on any atom is -0.335 e. The largest absolute Gasteiger partial charge is 0.335 e. The van der Waals surface area contributed by atoms with Gasteiger partial charge in [-0.15, -0.1) is 0 Å². The molecule has 0 saturated carbocycles. The fraction of sp³-hybridized carbons (Fsp3) is 0.500. The molecular weight excluding hydrogens is 383 g/mol. The van der Waals surface area contributed by atoms with Crippen molar-refractivity contribution in [2.24, 2.45) is 7.05 Å². The van der Waals surface area contributed by atoms with Crippen LogP contribution >= 0.6 is 23.2 Å². The van der Waals surface area contributed by atoms with E-state index in [1.165, 1.54) is 0 Å². The van der Waals surface area contributed by atoms with Crippen molar-refractivity contribution in [3.05, 3.63) is 51.3 Å². The first-order valence-corrected chi connectivity index (χ1v) is 9.91. The Bertz CT molecular complexity index is 833. The molecule has 0 unspecified atom stereocenters. The second-order valence-corrected chi connectivity index (χ2v) is 8.85. The summed E-state index contributed by atoms with van der Waals surface area (Å²) in [5, 5.41) is 5.71. The quantitative estimate of drug-likeness (QED) is 0.770. The fourth-order valence-electron chi connectivity index (χ4n) is 3.22. The van der Waals surface area contributed by atoms with E-state index >= 15 is 0 Å². The first-order chi connectivity index (χ1) is 12.7. The molecule has 1 aromatic heterocycles. The molecule has 3 rings (SSSR count). The summed E-state index contributed by atoms with van der Waals surface area (Å²) in [5.41, 5.74) is 2.52. The van der Waals surface area contributed by atoms with Gasteiger partial charge in [-0.25, -0.2) is 0 Å². The number of hydrogen-bond acceptors (Lipinski definition) is 3. The first-order valence-electron chi connectivity index (χ1n) is 9.16. The number of benzene rings is 1. The molecule has 1 saturated heterocycles. The number of halogens is 2. The van der Waals surface area contributed by atoms with Crippen LogP contribution in [-0.4, -0.2) is 51.7 Å². The van der Waals surface area contributed by atoms with Gasteiger partial charge >= 0.3 is 0 Å². The van der Waals surface area contributed by atoms with Gasteiger partial charge in [-0.05, 0) is 17.7 Å². The van der Waals surface area contributed by atoms with Crippen molar-refractivity contribution in [1.82, 2.24) is 19.6 Å². The number of amides is 1. The first kappa shape index (κ1) is 20.2. The van der Waals surface area contributed by atoms with Crippen LogP contribution in [0.3, 0.4) is 0 Å². The Morgan fingerprint density at radius 3 is 2.41 bits per heavy atom. The zero-order valence-electron chi connectivity index (χ0n) is 16.3. The van der Waals surface area contributed by atoms with Crippen molar-refractivity contribution in [2.75, 3.05) is 26.2 Å². The van der Waals surface area contributed by atoms with Gasteiger partial charge in [-0.3, -0.25) is 14.4 Å². The van der Waals surface area contributed by atoms with Crippen molar-refractivity contribution in [1.29, 1.82) is 0 Å². The predicted octanol–water partition coefficient (Wildman–Crippen LogP) is 3.98. The van der Waals surface area contributed by atoms with E-state index in [0.29, 0.717) is 28.8 Å². The summed E-state index contributed by atoms with van der Waals surface area (Å²) < 4.78 is 1.70. The molecule has 0 bridgehead atoms. The van der Waals surface area contributed by atoms with Gasteiger partial charge in [0.05, 0.1) is 15.7 Å². The Balaban J connectivity index is 1.63. The maximum Gasteiger partial charge on any atom is 0.272 e. The van der Waals surface area contributed by atoms with Crippen LogP contribution in [0.1, 0.15) is 42.5 Å². The zero-order chi connectivity index (χ0) is 19.8. The third-order valence-electron chi connectivity index (χ3n) is 4.95. The lowest BCUT2D eigenvalue weighted by molar-refractivity contribution is 0.0618. The standard InChI is InChI=1S/C20H26Cl2N4O/c1-20(2,3)17-12-16(24(4)23-17)19(27)26-10-8-25(9-11-26)13-14-6-5-7-15(21)18(14)22/h5-7,12H,8-11,13H2,1-4H3. The van der Waals surface area contributed by atoms with Crippen LogP contribution in [-0.2, 0) is 19.0 Å². The van der Waals surface area contributed by atoms with E-state index in [2.05, 4.69) is 30.8 Å². The number of carbonyl (C=O) groups excluding carboxylic acids is 1. The lowest BCUT2D eigenvalue weighted by Gasteiger charge is -2.34. The van der Waals surface area contributed by atoms with Crippen LogP contribution in [0, 0.1) is 0 Å². The summed E-state index contributed by atoms with van der Waals surface area (Å²) in [6.07, 6.45) is 0. The minimum absolute atomic E-state index is 0.0425. The lowest BCUT2D eigenvalue weighted by atomic mass is 9.92. The molecule has 1 aromatic carbocycles. The molecule has 0 radical (unpaired) electrons. The Labute approximate surface area is 170 Å². The normalized spacial score (nSPS) is 16.0. The smallest absolute Gasteiger partial charge is 0.272 e. The van der Waals surface area contributed by atoms with Crippen molar-refractivity contribution in [3.8, 4) is 0 Å².